The fourth-order valence-electron chi connectivity index (χ4n) is 2.69. The minimum absolute atomic E-state index is 0.0793. The number of rotatable bonds is 7. The smallest absolute Gasteiger partial charge is 0.238 e. The molecule has 4 N–H and O–H groups in total. The summed E-state index contributed by atoms with van der Waals surface area (Å²) in [6.45, 7) is 5.54. The van der Waals surface area contributed by atoms with Crippen LogP contribution in [0.3, 0.4) is 0 Å². The van der Waals surface area contributed by atoms with Gasteiger partial charge >= 0.3 is 0 Å². The molecule has 0 aliphatic heterocycles. The molecule has 9 heteroatoms. The second-order valence-electron chi connectivity index (χ2n) is 6.75. The van der Waals surface area contributed by atoms with Crippen molar-refractivity contribution in [1.82, 2.24) is 15.6 Å². The Hall–Kier alpha value is -3.17. The van der Waals surface area contributed by atoms with E-state index in [4.69, 9.17) is 9.56 Å². The van der Waals surface area contributed by atoms with E-state index in [1.54, 1.807) is 18.4 Å². The first-order chi connectivity index (χ1) is 14.3. The van der Waals surface area contributed by atoms with Crippen molar-refractivity contribution in [3.05, 3.63) is 71.6 Å². The monoisotopic (exact) mass is 427 g/mol. The van der Waals surface area contributed by atoms with Crippen LogP contribution in [0, 0.1) is 6.92 Å². The third-order valence-electron chi connectivity index (χ3n) is 4.30. The lowest BCUT2D eigenvalue weighted by Gasteiger charge is -2.10. The molecule has 30 heavy (non-hydrogen) atoms. The van der Waals surface area contributed by atoms with Crippen molar-refractivity contribution in [3.63, 3.8) is 0 Å². The SMILES string of the molecule is CCNC(=NCc1ccc(S(N)(=O)=O)cc1)NCc1coc(-c2ccc(C)cc2)n1. The fraction of sp³-hybridized carbons (Fsp3) is 0.238. The van der Waals surface area contributed by atoms with Crippen molar-refractivity contribution in [2.75, 3.05) is 6.54 Å². The van der Waals surface area contributed by atoms with E-state index in [1.807, 2.05) is 38.1 Å². The minimum atomic E-state index is -3.70. The Bertz CT molecular complexity index is 1100. The van der Waals surface area contributed by atoms with Crippen molar-refractivity contribution in [2.45, 2.75) is 31.8 Å². The Morgan fingerprint density at radius 3 is 2.43 bits per heavy atom. The van der Waals surface area contributed by atoms with Gasteiger partial charge in [-0.1, -0.05) is 29.8 Å². The average molecular weight is 428 g/mol. The summed E-state index contributed by atoms with van der Waals surface area (Å²) in [6, 6.07) is 14.3. The van der Waals surface area contributed by atoms with E-state index in [0.29, 0.717) is 31.5 Å². The first-order valence-corrected chi connectivity index (χ1v) is 11.0. The van der Waals surface area contributed by atoms with Crippen LogP contribution in [0.1, 0.15) is 23.7 Å². The van der Waals surface area contributed by atoms with E-state index < -0.39 is 10.0 Å². The van der Waals surface area contributed by atoms with Crippen LogP contribution in [-0.2, 0) is 23.1 Å². The topological polar surface area (TPSA) is 123 Å². The predicted octanol–water partition coefficient (Wildman–Crippen LogP) is 2.55. The van der Waals surface area contributed by atoms with E-state index >= 15 is 0 Å². The molecular formula is C21H25N5O3S. The van der Waals surface area contributed by atoms with Crippen LogP contribution < -0.4 is 15.8 Å². The van der Waals surface area contributed by atoms with Crippen LogP contribution in [-0.4, -0.2) is 25.9 Å². The van der Waals surface area contributed by atoms with Crippen molar-refractivity contribution in [1.29, 1.82) is 0 Å². The maximum atomic E-state index is 11.3. The van der Waals surface area contributed by atoms with Gasteiger partial charge in [-0.2, -0.15) is 0 Å². The zero-order valence-corrected chi connectivity index (χ0v) is 17.7. The minimum Gasteiger partial charge on any atom is -0.444 e. The molecule has 3 aromatic rings. The molecule has 0 saturated heterocycles. The van der Waals surface area contributed by atoms with Gasteiger partial charge < -0.3 is 15.1 Å². The standard InChI is InChI=1S/C21H25N5O3S/c1-3-23-21(24-12-16-6-10-19(11-7-16)30(22,27)28)25-13-18-14-29-20(26-18)17-8-4-15(2)5-9-17/h4-11,14H,3,12-13H2,1-2H3,(H2,22,27,28)(H2,23,24,25). The molecule has 0 spiro atoms. The number of oxazole rings is 1. The highest BCUT2D eigenvalue weighted by atomic mass is 32.2. The van der Waals surface area contributed by atoms with E-state index in [-0.39, 0.29) is 4.90 Å². The second kappa shape index (κ2) is 9.55. The highest BCUT2D eigenvalue weighted by Gasteiger charge is 2.08. The number of nitrogens with one attached hydrogen (secondary N) is 2. The fourth-order valence-corrected chi connectivity index (χ4v) is 3.20. The van der Waals surface area contributed by atoms with Crippen LogP contribution in [0.25, 0.3) is 11.5 Å². The van der Waals surface area contributed by atoms with Crippen LogP contribution in [0.15, 0.2) is 69.1 Å². The lowest BCUT2D eigenvalue weighted by atomic mass is 10.1. The number of guanidine groups is 1. The number of primary sulfonamides is 1. The van der Waals surface area contributed by atoms with E-state index in [2.05, 4.69) is 20.6 Å². The Morgan fingerprint density at radius 1 is 1.10 bits per heavy atom. The molecule has 0 radical (unpaired) electrons. The van der Waals surface area contributed by atoms with Crippen molar-refractivity contribution < 1.29 is 12.8 Å². The zero-order valence-electron chi connectivity index (χ0n) is 16.9. The number of hydrogen-bond acceptors (Lipinski definition) is 5. The first-order valence-electron chi connectivity index (χ1n) is 9.50. The van der Waals surface area contributed by atoms with Crippen LogP contribution in [0.5, 0.6) is 0 Å². The Balaban J connectivity index is 1.62. The quantitative estimate of drug-likeness (QED) is 0.393. The summed E-state index contributed by atoms with van der Waals surface area (Å²) in [5, 5.41) is 11.5. The second-order valence-corrected chi connectivity index (χ2v) is 8.31. The predicted molar refractivity (Wildman–Crippen MR) is 116 cm³/mol. The lowest BCUT2D eigenvalue weighted by Crippen LogP contribution is -2.36. The third kappa shape index (κ3) is 5.91. The number of nitrogens with zero attached hydrogens (tertiary/aromatic N) is 2. The van der Waals surface area contributed by atoms with Gasteiger partial charge in [0.15, 0.2) is 5.96 Å². The molecule has 0 aliphatic carbocycles. The summed E-state index contributed by atoms with van der Waals surface area (Å²) < 4.78 is 28.3. The van der Waals surface area contributed by atoms with Crippen molar-refractivity contribution in [3.8, 4) is 11.5 Å². The highest BCUT2D eigenvalue weighted by Crippen LogP contribution is 2.19. The summed E-state index contributed by atoms with van der Waals surface area (Å²) in [5.74, 6) is 1.19. The van der Waals surface area contributed by atoms with Gasteiger partial charge in [0.05, 0.1) is 23.7 Å². The molecular weight excluding hydrogens is 402 g/mol. The summed E-state index contributed by atoms with van der Waals surface area (Å²) >= 11 is 0. The molecule has 0 atom stereocenters. The largest absolute Gasteiger partial charge is 0.444 e. The van der Waals surface area contributed by atoms with Crippen LogP contribution in [0.4, 0.5) is 0 Å². The van der Waals surface area contributed by atoms with E-state index in [1.165, 1.54) is 17.7 Å². The molecule has 1 heterocycles. The summed E-state index contributed by atoms with van der Waals surface area (Å²) in [4.78, 5) is 9.11. The molecule has 3 rings (SSSR count). The number of aliphatic imine (C=N–C) groups is 1. The number of aryl methyl sites for hydroxylation is 1. The maximum absolute atomic E-state index is 11.3. The number of sulfonamides is 1. The number of hydrogen-bond donors (Lipinski definition) is 3. The Morgan fingerprint density at radius 2 is 1.80 bits per heavy atom. The molecule has 0 bridgehead atoms. The molecule has 158 valence electrons. The van der Waals surface area contributed by atoms with Gasteiger partial charge in [-0.15, -0.1) is 0 Å². The van der Waals surface area contributed by atoms with Crippen molar-refractivity contribution >= 4 is 16.0 Å². The number of nitrogens with two attached hydrogens (primary N) is 1. The number of aromatic nitrogens is 1. The van der Waals surface area contributed by atoms with Gasteiger partial charge in [-0.3, -0.25) is 0 Å². The summed E-state index contributed by atoms with van der Waals surface area (Å²) in [7, 11) is -3.70. The highest BCUT2D eigenvalue weighted by molar-refractivity contribution is 7.89. The lowest BCUT2D eigenvalue weighted by molar-refractivity contribution is 0.572. The zero-order chi connectivity index (χ0) is 21.6. The molecule has 0 unspecified atom stereocenters. The molecule has 0 saturated carbocycles. The third-order valence-corrected chi connectivity index (χ3v) is 5.23. The molecule has 1 aromatic heterocycles. The van der Waals surface area contributed by atoms with Gasteiger partial charge in [0.2, 0.25) is 15.9 Å². The van der Waals surface area contributed by atoms with Crippen LogP contribution >= 0.6 is 0 Å². The summed E-state index contributed by atoms with van der Waals surface area (Å²) in [5.41, 5.74) is 3.73. The maximum Gasteiger partial charge on any atom is 0.238 e. The average Bonchev–Trinajstić information content (AvgIpc) is 3.19. The Kier molecular flexibility index (Phi) is 6.86. The van der Waals surface area contributed by atoms with Crippen molar-refractivity contribution in [2.24, 2.45) is 10.1 Å². The van der Waals surface area contributed by atoms with Gasteiger partial charge in [0.25, 0.3) is 0 Å². The molecule has 2 aromatic carbocycles. The summed E-state index contributed by atoms with van der Waals surface area (Å²) in [6.07, 6.45) is 1.62. The van der Waals surface area contributed by atoms with E-state index in [0.717, 1.165) is 16.8 Å². The van der Waals surface area contributed by atoms with Gasteiger partial charge in [-0.25, -0.2) is 23.5 Å². The number of benzene rings is 2. The van der Waals surface area contributed by atoms with Gasteiger partial charge in [0, 0.05) is 12.1 Å². The van der Waals surface area contributed by atoms with E-state index in [9.17, 15) is 8.42 Å². The molecule has 0 fully saturated rings. The molecule has 0 aliphatic rings. The molecule has 8 nitrogen and oxygen atoms in total. The van der Waals surface area contributed by atoms with Crippen LogP contribution in [0.2, 0.25) is 0 Å². The molecule has 0 amide bonds. The van der Waals surface area contributed by atoms with Gasteiger partial charge in [0.1, 0.15) is 6.26 Å². The normalized spacial score (nSPS) is 12.0. The van der Waals surface area contributed by atoms with Gasteiger partial charge in [-0.05, 0) is 43.7 Å². The first kappa shape index (κ1) is 21.5. The Labute approximate surface area is 176 Å².